The fourth-order valence-electron chi connectivity index (χ4n) is 4.38. The SMILES string of the molecule is COc1ccc2cc([C@H](c3nnnn3C[C@H]3CCCO3)N3CCOCC3)c(=O)[nH]c2c1. The summed E-state index contributed by atoms with van der Waals surface area (Å²) in [6.07, 6.45) is 2.12. The number of benzene rings is 1. The molecule has 4 heterocycles. The first-order valence-electron chi connectivity index (χ1n) is 10.6. The molecule has 5 rings (SSSR count). The molecule has 0 saturated carbocycles. The lowest BCUT2D eigenvalue weighted by molar-refractivity contribution is 0.0205. The van der Waals surface area contributed by atoms with Crippen LogP contribution in [0.4, 0.5) is 0 Å². The van der Waals surface area contributed by atoms with Crippen LogP contribution in [0.5, 0.6) is 5.75 Å². The third-order valence-corrected chi connectivity index (χ3v) is 5.99. The summed E-state index contributed by atoms with van der Waals surface area (Å²) in [6, 6.07) is 7.20. The van der Waals surface area contributed by atoms with Gasteiger partial charge in [-0.05, 0) is 46.9 Å². The summed E-state index contributed by atoms with van der Waals surface area (Å²) in [5.74, 6) is 1.34. The van der Waals surface area contributed by atoms with E-state index in [1.165, 1.54) is 0 Å². The van der Waals surface area contributed by atoms with Crippen LogP contribution in [-0.2, 0) is 16.0 Å². The van der Waals surface area contributed by atoms with E-state index in [2.05, 4.69) is 25.4 Å². The number of nitrogens with zero attached hydrogens (tertiary/aromatic N) is 5. The molecule has 1 aromatic carbocycles. The topological polar surface area (TPSA) is 107 Å². The molecule has 2 aliphatic heterocycles. The predicted molar refractivity (Wildman–Crippen MR) is 112 cm³/mol. The van der Waals surface area contributed by atoms with Crippen LogP contribution in [0.15, 0.2) is 29.1 Å². The summed E-state index contributed by atoms with van der Waals surface area (Å²) in [5, 5.41) is 13.4. The fourth-order valence-corrected chi connectivity index (χ4v) is 4.38. The van der Waals surface area contributed by atoms with E-state index in [-0.39, 0.29) is 17.7 Å². The van der Waals surface area contributed by atoms with Gasteiger partial charge in [-0.25, -0.2) is 4.68 Å². The molecule has 0 aliphatic carbocycles. The van der Waals surface area contributed by atoms with Gasteiger partial charge in [0.05, 0.1) is 38.5 Å². The molecule has 0 bridgehead atoms. The van der Waals surface area contributed by atoms with E-state index < -0.39 is 0 Å². The largest absolute Gasteiger partial charge is 0.497 e. The Morgan fingerprint density at radius 2 is 2.13 bits per heavy atom. The number of aromatic amines is 1. The summed E-state index contributed by atoms with van der Waals surface area (Å²) in [7, 11) is 1.61. The highest BCUT2D eigenvalue weighted by molar-refractivity contribution is 5.80. The molecule has 0 amide bonds. The Balaban J connectivity index is 1.58. The number of hydrogen-bond acceptors (Lipinski definition) is 8. The number of methoxy groups -OCH3 is 1. The molecule has 164 valence electrons. The number of fused-ring (bicyclic) bond motifs is 1. The van der Waals surface area contributed by atoms with Crippen molar-refractivity contribution in [3.63, 3.8) is 0 Å². The summed E-state index contributed by atoms with van der Waals surface area (Å²) in [5.41, 5.74) is 1.18. The molecule has 0 radical (unpaired) electrons. The van der Waals surface area contributed by atoms with Crippen LogP contribution in [-0.4, -0.2) is 76.2 Å². The Morgan fingerprint density at radius 3 is 2.90 bits per heavy atom. The van der Waals surface area contributed by atoms with E-state index in [1.54, 1.807) is 11.8 Å². The van der Waals surface area contributed by atoms with Crippen LogP contribution in [0, 0.1) is 0 Å². The molecular weight excluding hydrogens is 400 g/mol. The van der Waals surface area contributed by atoms with Crippen molar-refractivity contribution in [1.82, 2.24) is 30.1 Å². The molecule has 2 saturated heterocycles. The van der Waals surface area contributed by atoms with Crippen molar-refractivity contribution in [2.45, 2.75) is 31.5 Å². The lowest BCUT2D eigenvalue weighted by Crippen LogP contribution is -2.42. The minimum absolute atomic E-state index is 0.0925. The second-order valence-electron chi connectivity index (χ2n) is 7.91. The number of ether oxygens (including phenoxy) is 3. The van der Waals surface area contributed by atoms with Crippen molar-refractivity contribution >= 4 is 10.9 Å². The van der Waals surface area contributed by atoms with E-state index in [1.807, 2.05) is 24.3 Å². The van der Waals surface area contributed by atoms with Crippen LogP contribution in [0.1, 0.15) is 30.3 Å². The van der Waals surface area contributed by atoms with E-state index in [0.29, 0.717) is 50.0 Å². The average Bonchev–Trinajstić information content (AvgIpc) is 3.48. The van der Waals surface area contributed by atoms with Crippen LogP contribution in [0.3, 0.4) is 0 Å². The quantitative estimate of drug-likeness (QED) is 0.625. The first-order chi connectivity index (χ1) is 15.2. The number of morpholine rings is 1. The van der Waals surface area contributed by atoms with E-state index >= 15 is 0 Å². The molecule has 0 spiro atoms. The number of hydrogen-bond donors (Lipinski definition) is 1. The number of rotatable bonds is 6. The summed E-state index contributed by atoms with van der Waals surface area (Å²) in [4.78, 5) is 18.4. The monoisotopic (exact) mass is 426 g/mol. The number of pyridine rings is 1. The molecule has 2 fully saturated rings. The standard InChI is InChI=1S/C21H26N6O4/c1-29-15-5-4-14-11-17(21(28)22-18(14)12-15)19(26-6-9-30-10-7-26)20-23-24-25-27(20)13-16-3-2-8-31-16/h4-5,11-12,16,19H,2-3,6-10,13H2,1H3,(H,22,28)/t16-,19-/m1/s1. The molecule has 10 nitrogen and oxygen atoms in total. The Labute approximate surface area is 179 Å². The number of H-pyrrole nitrogens is 1. The second-order valence-corrected chi connectivity index (χ2v) is 7.91. The van der Waals surface area contributed by atoms with Crippen molar-refractivity contribution in [2.75, 3.05) is 40.0 Å². The smallest absolute Gasteiger partial charge is 0.253 e. The number of aromatic nitrogens is 5. The zero-order valence-corrected chi connectivity index (χ0v) is 17.5. The second kappa shape index (κ2) is 8.74. The summed E-state index contributed by atoms with van der Waals surface area (Å²) in [6.45, 7) is 3.93. The molecule has 31 heavy (non-hydrogen) atoms. The van der Waals surface area contributed by atoms with Gasteiger partial charge in [-0.1, -0.05) is 0 Å². The van der Waals surface area contributed by atoms with Gasteiger partial charge in [0.2, 0.25) is 0 Å². The third-order valence-electron chi connectivity index (χ3n) is 5.99. The zero-order chi connectivity index (χ0) is 21.2. The van der Waals surface area contributed by atoms with Gasteiger partial charge in [0.25, 0.3) is 5.56 Å². The molecule has 2 aliphatic rings. The highest BCUT2D eigenvalue weighted by Crippen LogP contribution is 2.29. The first-order valence-corrected chi connectivity index (χ1v) is 10.6. The Hall–Kier alpha value is -2.82. The van der Waals surface area contributed by atoms with Gasteiger partial charge in [0.15, 0.2) is 5.82 Å². The zero-order valence-electron chi connectivity index (χ0n) is 17.5. The van der Waals surface area contributed by atoms with Crippen molar-refractivity contribution in [3.8, 4) is 5.75 Å². The maximum Gasteiger partial charge on any atom is 0.253 e. The minimum Gasteiger partial charge on any atom is -0.497 e. The Bertz CT molecular complexity index is 1100. The fraction of sp³-hybridized carbons (Fsp3) is 0.524. The molecule has 10 heteroatoms. The third kappa shape index (κ3) is 4.06. The van der Waals surface area contributed by atoms with Gasteiger partial charge >= 0.3 is 0 Å². The van der Waals surface area contributed by atoms with Gasteiger partial charge in [-0.2, -0.15) is 0 Å². The van der Waals surface area contributed by atoms with E-state index in [9.17, 15) is 4.79 Å². The Kier molecular flexibility index (Phi) is 5.66. The van der Waals surface area contributed by atoms with Gasteiger partial charge in [-0.15, -0.1) is 5.10 Å². The molecule has 3 aromatic rings. The van der Waals surface area contributed by atoms with Gasteiger partial charge in [-0.3, -0.25) is 9.69 Å². The van der Waals surface area contributed by atoms with Crippen molar-refractivity contribution in [3.05, 3.63) is 46.0 Å². The van der Waals surface area contributed by atoms with Crippen LogP contribution in [0.25, 0.3) is 10.9 Å². The van der Waals surface area contributed by atoms with Crippen molar-refractivity contribution < 1.29 is 14.2 Å². The van der Waals surface area contributed by atoms with Crippen LogP contribution < -0.4 is 10.3 Å². The summed E-state index contributed by atoms with van der Waals surface area (Å²) >= 11 is 0. The predicted octanol–water partition coefficient (Wildman–Crippen LogP) is 1.12. The van der Waals surface area contributed by atoms with E-state index in [4.69, 9.17) is 14.2 Å². The van der Waals surface area contributed by atoms with Crippen molar-refractivity contribution in [1.29, 1.82) is 0 Å². The van der Waals surface area contributed by atoms with Crippen LogP contribution >= 0.6 is 0 Å². The number of nitrogens with one attached hydrogen (secondary N) is 1. The highest BCUT2D eigenvalue weighted by atomic mass is 16.5. The average molecular weight is 426 g/mol. The number of tetrazole rings is 1. The molecule has 2 aromatic heterocycles. The molecule has 0 unspecified atom stereocenters. The normalized spacial score (nSPS) is 20.9. The highest BCUT2D eigenvalue weighted by Gasteiger charge is 2.32. The van der Waals surface area contributed by atoms with E-state index in [0.717, 1.165) is 30.4 Å². The lowest BCUT2D eigenvalue weighted by Gasteiger charge is -2.33. The minimum atomic E-state index is -0.379. The van der Waals surface area contributed by atoms with Crippen molar-refractivity contribution in [2.24, 2.45) is 0 Å². The molecule has 1 N–H and O–H groups in total. The maximum absolute atomic E-state index is 13.2. The first kappa shape index (κ1) is 20.1. The Morgan fingerprint density at radius 1 is 1.26 bits per heavy atom. The van der Waals surface area contributed by atoms with Gasteiger partial charge in [0.1, 0.15) is 11.8 Å². The summed E-state index contributed by atoms with van der Waals surface area (Å²) < 4.78 is 18.4. The van der Waals surface area contributed by atoms with Crippen LogP contribution in [0.2, 0.25) is 0 Å². The molecule has 2 atom stereocenters. The lowest BCUT2D eigenvalue weighted by atomic mass is 10.0. The maximum atomic E-state index is 13.2. The van der Waals surface area contributed by atoms with Gasteiger partial charge in [0, 0.05) is 31.3 Å². The van der Waals surface area contributed by atoms with Gasteiger partial charge < -0.3 is 19.2 Å². The molecular formula is C21H26N6O4.